The van der Waals surface area contributed by atoms with Gasteiger partial charge in [-0.2, -0.15) is 0 Å². The minimum absolute atomic E-state index is 0.230. The minimum Gasteiger partial charge on any atom is -0.497 e. The molecule has 1 amide bonds. The predicted octanol–water partition coefficient (Wildman–Crippen LogP) is 3.66. The molecule has 8 nitrogen and oxygen atoms in total. The number of hydrogen-bond acceptors (Lipinski definition) is 6. The van der Waals surface area contributed by atoms with Crippen LogP contribution in [-0.2, 0) is 0 Å². The fourth-order valence-electron chi connectivity index (χ4n) is 3.31. The molecule has 162 valence electrons. The molecule has 1 aromatic heterocycles. The molecule has 0 fully saturated rings. The topological polar surface area (TPSA) is 91.7 Å². The molecule has 4 aromatic rings. The second-order valence-electron chi connectivity index (χ2n) is 6.87. The van der Waals surface area contributed by atoms with Crippen LogP contribution in [0, 0.1) is 0 Å². The van der Waals surface area contributed by atoms with Crippen molar-refractivity contribution >= 4 is 22.5 Å². The highest BCUT2D eigenvalue weighted by atomic mass is 16.5. The van der Waals surface area contributed by atoms with Gasteiger partial charge in [-0.1, -0.05) is 0 Å². The second kappa shape index (κ2) is 8.81. The van der Waals surface area contributed by atoms with Gasteiger partial charge >= 0.3 is 0 Å². The zero-order valence-corrected chi connectivity index (χ0v) is 17.8. The first-order valence-electron chi connectivity index (χ1n) is 9.73. The maximum Gasteiger partial charge on any atom is 0.265 e. The van der Waals surface area contributed by atoms with E-state index in [1.807, 2.05) is 0 Å². The zero-order valence-electron chi connectivity index (χ0n) is 17.8. The van der Waals surface area contributed by atoms with Crippen molar-refractivity contribution < 1.29 is 19.0 Å². The van der Waals surface area contributed by atoms with E-state index in [9.17, 15) is 9.59 Å². The molecule has 0 radical (unpaired) electrons. The predicted molar refractivity (Wildman–Crippen MR) is 121 cm³/mol. The zero-order chi connectivity index (χ0) is 22.7. The Kier molecular flexibility index (Phi) is 5.76. The van der Waals surface area contributed by atoms with E-state index in [1.54, 1.807) is 74.9 Å². The van der Waals surface area contributed by atoms with Crippen LogP contribution < -0.4 is 25.1 Å². The molecule has 0 aliphatic carbocycles. The summed E-state index contributed by atoms with van der Waals surface area (Å²) < 4.78 is 17.1. The highest BCUT2D eigenvalue weighted by Gasteiger charge is 2.12. The molecule has 0 unspecified atom stereocenters. The van der Waals surface area contributed by atoms with E-state index in [4.69, 9.17) is 14.2 Å². The third-order valence-electron chi connectivity index (χ3n) is 5.01. The normalized spacial score (nSPS) is 10.6. The number of aromatic nitrogens is 2. The smallest absolute Gasteiger partial charge is 0.265 e. The van der Waals surface area contributed by atoms with Gasteiger partial charge in [-0.05, 0) is 54.6 Å². The Labute approximate surface area is 184 Å². The number of amides is 1. The van der Waals surface area contributed by atoms with Crippen molar-refractivity contribution in [1.29, 1.82) is 0 Å². The third-order valence-corrected chi connectivity index (χ3v) is 5.01. The first-order chi connectivity index (χ1) is 15.5. The van der Waals surface area contributed by atoms with E-state index < -0.39 is 0 Å². The van der Waals surface area contributed by atoms with E-state index in [1.165, 1.54) is 18.0 Å². The summed E-state index contributed by atoms with van der Waals surface area (Å²) in [6, 6.07) is 17.0. The Morgan fingerprint density at radius 3 is 2.31 bits per heavy atom. The van der Waals surface area contributed by atoms with Gasteiger partial charge in [0, 0.05) is 17.3 Å². The molecule has 0 aliphatic rings. The van der Waals surface area contributed by atoms with E-state index in [-0.39, 0.29) is 11.5 Å². The first-order valence-corrected chi connectivity index (χ1v) is 9.73. The maximum absolute atomic E-state index is 13.0. The van der Waals surface area contributed by atoms with Crippen LogP contribution in [0.4, 0.5) is 5.69 Å². The Morgan fingerprint density at radius 1 is 0.875 bits per heavy atom. The summed E-state index contributed by atoms with van der Waals surface area (Å²) in [6.07, 6.45) is 1.45. The lowest BCUT2D eigenvalue weighted by Crippen LogP contribution is -2.19. The van der Waals surface area contributed by atoms with Crippen molar-refractivity contribution in [2.45, 2.75) is 0 Å². The van der Waals surface area contributed by atoms with Crippen molar-refractivity contribution in [3.05, 3.63) is 82.9 Å². The van der Waals surface area contributed by atoms with E-state index >= 15 is 0 Å². The quantitative estimate of drug-likeness (QED) is 0.501. The van der Waals surface area contributed by atoms with Crippen molar-refractivity contribution in [3.8, 4) is 22.9 Å². The lowest BCUT2D eigenvalue weighted by Gasteiger charge is -2.11. The van der Waals surface area contributed by atoms with Crippen LogP contribution >= 0.6 is 0 Å². The summed E-state index contributed by atoms with van der Waals surface area (Å²) in [5, 5.41) is 3.22. The minimum atomic E-state index is -0.333. The molecule has 0 spiro atoms. The molecule has 32 heavy (non-hydrogen) atoms. The summed E-state index contributed by atoms with van der Waals surface area (Å²) in [5.41, 5.74) is 1.80. The standard InChI is InChI=1S/C24H21N3O5/c1-30-18-8-6-17(7-9-18)27-14-25-20-12-15(4-10-19(20)24(27)29)23(28)26-16-5-11-21(31-2)22(13-16)32-3/h4-14H,1-3H3,(H,26,28). The summed E-state index contributed by atoms with van der Waals surface area (Å²) in [5.74, 6) is 1.43. The largest absolute Gasteiger partial charge is 0.497 e. The van der Waals surface area contributed by atoms with Gasteiger partial charge in [-0.15, -0.1) is 0 Å². The SMILES string of the molecule is COc1ccc(-n2cnc3cc(C(=O)Nc4ccc(OC)c(OC)c4)ccc3c2=O)cc1. The van der Waals surface area contributed by atoms with Gasteiger partial charge in [0.1, 0.15) is 12.1 Å². The molecule has 0 aliphatic heterocycles. The van der Waals surface area contributed by atoms with Crippen LogP contribution in [0.15, 0.2) is 71.8 Å². The molecule has 3 aromatic carbocycles. The van der Waals surface area contributed by atoms with Gasteiger partial charge in [0.25, 0.3) is 11.5 Å². The van der Waals surface area contributed by atoms with Crippen molar-refractivity contribution in [3.63, 3.8) is 0 Å². The Bertz CT molecular complexity index is 1350. The molecule has 8 heteroatoms. The molecule has 0 atom stereocenters. The maximum atomic E-state index is 13.0. The van der Waals surface area contributed by atoms with Crippen LogP contribution in [0.25, 0.3) is 16.6 Å². The van der Waals surface area contributed by atoms with Gasteiger partial charge in [0.15, 0.2) is 11.5 Å². The van der Waals surface area contributed by atoms with Crippen molar-refractivity contribution in [1.82, 2.24) is 9.55 Å². The van der Waals surface area contributed by atoms with Crippen LogP contribution in [-0.4, -0.2) is 36.8 Å². The Hall–Kier alpha value is -4.33. The number of nitrogens with zero attached hydrogens (tertiary/aromatic N) is 2. The first kappa shape index (κ1) is 20.9. The average molecular weight is 431 g/mol. The number of anilines is 1. The highest BCUT2D eigenvalue weighted by molar-refractivity contribution is 6.06. The monoisotopic (exact) mass is 431 g/mol. The van der Waals surface area contributed by atoms with Gasteiger partial charge in [0.2, 0.25) is 0 Å². The van der Waals surface area contributed by atoms with E-state index in [0.717, 1.165) is 0 Å². The number of methoxy groups -OCH3 is 3. The molecular formula is C24H21N3O5. The number of nitrogens with one attached hydrogen (secondary N) is 1. The molecule has 0 saturated carbocycles. The van der Waals surface area contributed by atoms with Crippen LogP contribution in [0.5, 0.6) is 17.2 Å². The number of rotatable bonds is 6. The summed E-state index contributed by atoms with van der Waals surface area (Å²) in [7, 11) is 4.65. The third kappa shape index (κ3) is 3.98. The van der Waals surface area contributed by atoms with Crippen LogP contribution in [0.2, 0.25) is 0 Å². The number of benzene rings is 3. The van der Waals surface area contributed by atoms with Crippen molar-refractivity contribution in [2.24, 2.45) is 0 Å². The Morgan fingerprint density at radius 2 is 1.62 bits per heavy atom. The molecule has 0 saturated heterocycles. The number of fused-ring (bicyclic) bond motifs is 1. The number of hydrogen-bond donors (Lipinski definition) is 1. The lowest BCUT2D eigenvalue weighted by atomic mass is 10.1. The van der Waals surface area contributed by atoms with Gasteiger partial charge in [0.05, 0.1) is 37.9 Å². The second-order valence-corrected chi connectivity index (χ2v) is 6.87. The molecule has 1 N–H and O–H groups in total. The van der Waals surface area contributed by atoms with E-state index in [2.05, 4.69) is 10.3 Å². The molecule has 4 rings (SSSR count). The van der Waals surface area contributed by atoms with Gasteiger partial charge in [-0.3, -0.25) is 14.2 Å². The molecule has 1 heterocycles. The van der Waals surface area contributed by atoms with Crippen molar-refractivity contribution in [2.75, 3.05) is 26.6 Å². The van der Waals surface area contributed by atoms with E-state index in [0.29, 0.717) is 45.1 Å². The van der Waals surface area contributed by atoms with Crippen LogP contribution in [0.1, 0.15) is 10.4 Å². The fourth-order valence-corrected chi connectivity index (χ4v) is 3.31. The van der Waals surface area contributed by atoms with Gasteiger partial charge in [-0.25, -0.2) is 4.98 Å². The highest BCUT2D eigenvalue weighted by Crippen LogP contribution is 2.30. The molecule has 0 bridgehead atoms. The van der Waals surface area contributed by atoms with Gasteiger partial charge < -0.3 is 19.5 Å². The number of carbonyl (C=O) groups excluding carboxylic acids is 1. The lowest BCUT2D eigenvalue weighted by molar-refractivity contribution is 0.102. The summed E-state index contributed by atoms with van der Waals surface area (Å²) >= 11 is 0. The Balaban J connectivity index is 1.62. The summed E-state index contributed by atoms with van der Waals surface area (Å²) in [6.45, 7) is 0. The summed E-state index contributed by atoms with van der Waals surface area (Å²) in [4.78, 5) is 30.1. The number of carbonyl (C=O) groups is 1. The number of ether oxygens (including phenoxy) is 3. The average Bonchev–Trinajstić information content (AvgIpc) is 2.84. The fraction of sp³-hybridized carbons (Fsp3) is 0.125. The molecular weight excluding hydrogens is 410 g/mol. The van der Waals surface area contributed by atoms with Crippen LogP contribution in [0.3, 0.4) is 0 Å².